The monoisotopic (exact) mass is 157 g/mol. The normalized spacial score (nSPS) is 55.4. The van der Waals surface area contributed by atoms with Crippen LogP contribution in [0.2, 0.25) is 0 Å². The van der Waals surface area contributed by atoms with Gasteiger partial charge in [-0.3, -0.25) is 9.68 Å². The van der Waals surface area contributed by atoms with E-state index in [1.54, 1.807) is 5.23 Å². The predicted octanol–water partition coefficient (Wildman–Crippen LogP) is -0.0475. The van der Waals surface area contributed by atoms with Crippen LogP contribution in [0.1, 0.15) is 6.92 Å². The Hall–Kier alpha value is -0.160. The van der Waals surface area contributed by atoms with Crippen LogP contribution < -0.4 is 0 Å². The highest BCUT2D eigenvalue weighted by Crippen LogP contribution is 2.45. The summed E-state index contributed by atoms with van der Waals surface area (Å²) in [5.74, 6) is 0.495. The molecule has 0 spiro atoms. The lowest BCUT2D eigenvalue weighted by Gasteiger charge is -2.23. The molecule has 0 aromatic rings. The molecule has 3 heterocycles. The van der Waals surface area contributed by atoms with Crippen molar-refractivity contribution < 1.29 is 14.4 Å². The van der Waals surface area contributed by atoms with Crippen molar-refractivity contribution in [2.75, 3.05) is 19.8 Å². The molecule has 0 aromatic carbocycles. The molecule has 0 saturated carbocycles. The average Bonchev–Trinajstić information content (AvgIpc) is 2.53. The highest BCUT2D eigenvalue weighted by molar-refractivity contribution is 5.04. The third-order valence-corrected chi connectivity index (χ3v) is 3.11. The number of hydrogen-bond donors (Lipinski definition) is 0. The molecule has 0 amide bonds. The predicted molar refractivity (Wildman–Crippen MR) is 35.4 cm³/mol. The van der Waals surface area contributed by atoms with E-state index in [0.29, 0.717) is 12.5 Å². The smallest absolute Gasteiger partial charge is 0.107 e. The fraction of sp³-hybridized carbons (Fsp3) is 1.00. The summed E-state index contributed by atoms with van der Waals surface area (Å²) in [7, 11) is 0. The summed E-state index contributed by atoms with van der Waals surface area (Å²) in [6, 6.07) is 0. The maximum atomic E-state index is 5.57. The second-order valence-corrected chi connectivity index (χ2v) is 3.59. The average molecular weight is 157 g/mol. The zero-order valence-corrected chi connectivity index (χ0v) is 6.45. The van der Waals surface area contributed by atoms with Crippen LogP contribution in [0.15, 0.2) is 0 Å². The minimum atomic E-state index is 0. The van der Waals surface area contributed by atoms with Gasteiger partial charge in [0, 0.05) is 5.92 Å². The Morgan fingerprint density at radius 1 is 1.27 bits per heavy atom. The number of ether oxygens (including phenoxy) is 1. The molecule has 3 rings (SSSR count). The van der Waals surface area contributed by atoms with Crippen LogP contribution in [0.25, 0.3) is 0 Å². The summed E-state index contributed by atoms with van der Waals surface area (Å²) in [5.41, 5.74) is 0. The van der Waals surface area contributed by atoms with E-state index in [1.165, 1.54) is 0 Å². The second kappa shape index (κ2) is 1.77. The molecular formula is C7H11NO3. The van der Waals surface area contributed by atoms with Gasteiger partial charge in [-0.25, -0.2) is 0 Å². The molecule has 62 valence electrons. The molecule has 0 bridgehead atoms. The number of rotatable bonds is 0. The third-order valence-electron chi connectivity index (χ3n) is 3.11. The highest BCUT2D eigenvalue weighted by atomic mass is 17.0. The largest absolute Gasteiger partial charge is 0.373 e. The van der Waals surface area contributed by atoms with E-state index in [0.717, 1.165) is 13.2 Å². The first-order valence-electron chi connectivity index (χ1n) is 3.99. The molecule has 11 heavy (non-hydrogen) atoms. The van der Waals surface area contributed by atoms with Crippen LogP contribution in [-0.4, -0.2) is 36.7 Å². The van der Waals surface area contributed by atoms with Gasteiger partial charge in [0.15, 0.2) is 0 Å². The summed E-state index contributed by atoms with van der Waals surface area (Å²) in [4.78, 5) is 10.6. The first-order valence-corrected chi connectivity index (χ1v) is 3.99. The SMILES string of the molecule is C[C@@]12[C@H]3CO[C@@H]1CON2OC3. The summed E-state index contributed by atoms with van der Waals surface area (Å²) in [5, 5.41) is 1.63. The van der Waals surface area contributed by atoms with Crippen molar-refractivity contribution in [1.29, 1.82) is 0 Å². The first-order chi connectivity index (χ1) is 5.32. The Balaban J connectivity index is 2.04. The fourth-order valence-electron chi connectivity index (χ4n) is 2.14. The molecule has 3 aliphatic rings. The molecule has 3 atom stereocenters. The van der Waals surface area contributed by atoms with Crippen molar-refractivity contribution in [3.63, 3.8) is 0 Å². The van der Waals surface area contributed by atoms with Crippen molar-refractivity contribution in [3.05, 3.63) is 0 Å². The minimum Gasteiger partial charge on any atom is -0.373 e. The van der Waals surface area contributed by atoms with Gasteiger partial charge in [0.1, 0.15) is 11.6 Å². The van der Waals surface area contributed by atoms with Crippen LogP contribution in [-0.2, 0) is 14.4 Å². The fourth-order valence-corrected chi connectivity index (χ4v) is 2.14. The third kappa shape index (κ3) is 0.561. The Kier molecular flexibility index (Phi) is 1.02. The molecule has 3 fully saturated rings. The molecule has 0 N–H and O–H groups in total. The van der Waals surface area contributed by atoms with Crippen molar-refractivity contribution in [1.82, 2.24) is 5.23 Å². The molecule has 3 saturated heterocycles. The summed E-state index contributed by atoms with van der Waals surface area (Å²) in [6.45, 7) is 4.36. The van der Waals surface area contributed by atoms with Crippen molar-refractivity contribution in [2.24, 2.45) is 5.92 Å². The van der Waals surface area contributed by atoms with Crippen molar-refractivity contribution in [3.8, 4) is 0 Å². The van der Waals surface area contributed by atoms with E-state index in [-0.39, 0.29) is 11.6 Å². The van der Waals surface area contributed by atoms with Gasteiger partial charge in [0.2, 0.25) is 0 Å². The van der Waals surface area contributed by atoms with Crippen LogP contribution >= 0.6 is 0 Å². The second-order valence-electron chi connectivity index (χ2n) is 3.59. The number of hydrogen-bond acceptors (Lipinski definition) is 4. The zero-order chi connectivity index (χ0) is 7.47. The van der Waals surface area contributed by atoms with Gasteiger partial charge in [-0.15, -0.1) is 0 Å². The Labute approximate surface area is 64.9 Å². The van der Waals surface area contributed by atoms with Crippen LogP contribution in [0, 0.1) is 5.92 Å². The maximum absolute atomic E-state index is 5.57. The van der Waals surface area contributed by atoms with Gasteiger partial charge in [-0.1, -0.05) is 5.23 Å². The molecule has 3 aliphatic heterocycles. The van der Waals surface area contributed by atoms with Crippen LogP contribution in [0.4, 0.5) is 0 Å². The van der Waals surface area contributed by atoms with Gasteiger partial charge in [0.05, 0.1) is 19.8 Å². The summed E-state index contributed by atoms with van der Waals surface area (Å²) in [6.07, 6.45) is 0.218. The molecule has 4 heteroatoms. The van der Waals surface area contributed by atoms with E-state index in [1.807, 2.05) is 0 Å². The number of nitrogens with zero attached hydrogens (tertiary/aromatic N) is 1. The van der Waals surface area contributed by atoms with Crippen molar-refractivity contribution >= 4 is 0 Å². The first kappa shape index (κ1) is 6.37. The van der Waals surface area contributed by atoms with E-state index < -0.39 is 0 Å². The summed E-state index contributed by atoms with van der Waals surface area (Å²) >= 11 is 0. The van der Waals surface area contributed by atoms with Crippen LogP contribution in [0.3, 0.4) is 0 Å². The van der Waals surface area contributed by atoms with E-state index in [9.17, 15) is 0 Å². The van der Waals surface area contributed by atoms with Gasteiger partial charge in [0.25, 0.3) is 0 Å². The topological polar surface area (TPSA) is 30.9 Å². The standard InChI is InChI=1S/C7H11NO3/c1-7-5-2-9-6(7)4-11-8(7)10-3-5/h5-6H,2-4H2,1H3/t5-,6+,7+/m0/s1. The minimum absolute atomic E-state index is 0. The van der Waals surface area contributed by atoms with E-state index in [4.69, 9.17) is 14.4 Å². The van der Waals surface area contributed by atoms with E-state index in [2.05, 4.69) is 6.92 Å². The van der Waals surface area contributed by atoms with Crippen LogP contribution in [0.5, 0.6) is 0 Å². The Morgan fingerprint density at radius 2 is 2.09 bits per heavy atom. The molecule has 0 aromatic heterocycles. The molecular weight excluding hydrogens is 146 g/mol. The maximum Gasteiger partial charge on any atom is 0.107 e. The van der Waals surface area contributed by atoms with Gasteiger partial charge < -0.3 is 4.74 Å². The lowest BCUT2D eigenvalue weighted by molar-refractivity contribution is -0.343. The quantitative estimate of drug-likeness (QED) is 0.493. The van der Waals surface area contributed by atoms with Gasteiger partial charge >= 0.3 is 0 Å². The molecule has 0 radical (unpaired) electrons. The number of hydroxylamine groups is 2. The molecule has 4 nitrogen and oxygen atoms in total. The van der Waals surface area contributed by atoms with Gasteiger partial charge in [-0.05, 0) is 6.92 Å². The highest BCUT2D eigenvalue weighted by Gasteiger charge is 2.62. The Bertz CT molecular complexity index is 153. The summed E-state index contributed by atoms with van der Waals surface area (Å²) < 4.78 is 5.57. The lowest BCUT2D eigenvalue weighted by Crippen LogP contribution is -2.43. The van der Waals surface area contributed by atoms with Crippen molar-refractivity contribution in [2.45, 2.75) is 18.6 Å². The molecule has 0 unspecified atom stereocenters. The zero-order valence-electron chi connectivity index (χ0n) is 6.45. The van der Waals surface area contributed by atoms with Gasteiger partial charge in [-0.2, -0.15) is 0 Å². The lowest BCUT2D eigenvalue weighted by atomic mass is 9.87. The van der Waals surface area contributed by atoms with E-state index >= 15 is 0 Å². The molecule has 0 aliphatic carbocycles. The Morgan fingerprint density at radius 3 is 3.00 bits per heavy atom.